The van der Waals surface area contributed by atoms with Crippen molar-refractivity contribution in [3.8, 4) is 5.69 Å². The average Bonchev–Trinajstić information content (AvgIpc) is 2.77. The number of imidazole rings is 1. The van der Waals surface area contributed by atoms with Crippen molar-refractivity contribution in [3.05, 3.63) is 57.3 Å². The zero-order valence-electron chi connectivity index (χ0n) is 11.6. The van der Waals surface area contributed by atoms with Gasteiger partial charge in [-0.1, -0.05) is 33.6 Å². The number of halogens is 3. The predicted octanol–water partition coefficient (Wildman–Crippen LogP) is 6.05. The number of alkyl halides is 1. The number of nitrogens with zero attached hydrogens (tertiary/aromatic N) is 2. The Labute approximate surface area is 141 Å². The first-order chi connectivity index (χ1) is 9.97. The van der Waals surface area contributed by atoms with Crippen molar-refractivity contribution in [2.45, 2.75) is 19.2 Å². The van der Waals surface area contributed by atoms with Crippen LogP contribution in [0.1, 0.15) is 23.7 Å². The molecule has 0 N–H and O–H groups in total. The Morgan fingerprint density at radius 2 is 1.95 bits per heavy atom. The summed E-state index contributed by atoms with van der Waals surface area (Å²) < 4.78 is 3.02. The quantitative estimate of drug-likeness (QED) is 0.492. The van der Waals surface area contributed by atoms with Gasteiger partial charge in [-0.15, -0.1) is 11.6 Å². The molecule has 1 unspecified atom stereocenters. The summed E-state index contributed by atoms with van der Waals surface area (Å²) in [6.45, 7) is 3.93. The van der Waals surface area contributed by atoms with E-state index in [1.165, 1.54) is 0 Å². The van der Waals surface area contributed by atoms with E-state index in [2.05, 4.69) is 20.9 Å². The molecule has 1 heterocycles. The van der Waals surface area contributed by atoms with Crippen molar-refractivity contribution in [3.63, 3.8) is 0 Å². The van der Waals surface area contributed by atoms with E-state index in [9.17, 15) is 0 Å². The Bertz CT molecular complexity index is 825. The lowest BCUT2D eigenvalue weighted by Crippen LogP contribution is -2.02. The number of benzene rings is 2. The molecule has 0 saturated carbocycles. The van der Waals surface area contributed by atoms with Crippen LogP contribution in [0, 0.1) is 6.92 Å². The second-order valence-electron chi connectivity index (χ2n) is 5.01. The van der Waals surface area contributed by atoms with Gasteiger partial charge in [0.1, 0.15) is 5.82 Å². The number of hydrogen-bond donors (Lipinski definition) is 0. The van der Waals surface area contributed by atoms with Crippen LogP contribution in [0.4, 0.5) is 0 Å². The zero-order valence-corrected chi connectivity index (χ0v) is 14.7. The van der Waals surface area contributed by atoms with E-state index in [1.807, 2.05) is 54.8 Å². The molecule has 1 atom stereocenters. The van der Waals surface area contributed by atoms with Gasteiger partial charge >= 0.3 is 0 Å². The highest BCUT2D eigenvalue weighted by Gasteiger charge is 2.18. The van der Waals surface area contributed by atoms with Gasteiger partial charge in [0.15, 0.2) is 0 Å². The maximum atomic E-state index is 6.43. The molecule has 0 saturated heterocycles. The molecule has 5 heteroatoms. The van der Waals surface area contributed by atoms with Gasteiger partial charge in [-0.25, -0.2) is 4.98 Å². The van der Waals surface area contributed by atoms with Crippen LogP contribution < -0.4 is 0 Å². The minimum Gasteiger partial charge on any atom is -0.294 e. The zero-order chi connectivity index (χ0) is 15.1. The minimum absolute atomic E-state index is 0.214. The highest BCUT2D eigenvalue weighted by atomic mass is 79.9. The van der Waals surface area contributed by atoms with Crippen LogP contribution in [0.3, 0.4) is 0 Å². The first-order valence-corrected chi connectivity index (χ1v) is 8.16. The molecule has 108 valence electrons. The maximum absolute atomic E-state index is 6.43. The smallest absolute Gasteiger partial charge is 0.132 e. The molecule has 1 aromatic heterocycles. The van der Waals surface area contributed by atoms with Gasteiger partial charge in [0.25, 0.3) is 0 Å². The topological polar surface area (TPSA) is 17.8 Å². The summed E-state index contributed by atoms with van der Waals surface area (Å²) in [4.78, 5) is 4.64. The molecule has 0 aliphatic heterocycles. The van der Waals surface area contributed by atoms with Crippen molar-refractivity contribution < 1.29 is 0 Å². The number of rotatable bonds is 2. The SMILES string of the molecule is Cc1ccc(-n2c(C(C)Cl)nc3ccc(Br)cc32)c(Cl)c1. The summed E-state index contributed by atoms with van der Waals surface area (Å²) in [5.41, 5.74) is 3.90. The molecule has 0 fully saturated rings. The molecular weight excluding hydrogens is 371 g/mol. The van der Waals surface area contributed by atoms with Gasteiger partial charge in [0.05, 0.1) is 27.1 Å². The fourth-order valence-electron chi connectivity index (χ4n) is 2.38. The molecule has 0 spiro atoms. The van der Waals surface area contributed by atoms with Crippen molar-refractivity contribution in [2.24, 2.45) is 0 Å². The largest absolute Gasteiger partial charge is 0.294 e. The van der Waals surface area contributed by atoms with Crippen molar-refractivity contribution >= 4 is 50.2 Å². The van der Waals surface area contributed by atoms with Gasteiger partial charge in [-0.05, 0) is 49.7 Å². The third kappa shape index (κ3) is 2.70. The summed E-state index contributed by atoms with van der Waals surface area (Å²) in [5.74, 6) is 0.788. The normalized spacial score (nSPS) is 12.8. The molecule has 2 nitrogen and oxygen atoms in total. The highest BCUT2D eigenvalue weighted by molar-refractivity contribution is 9.10. The van der Waals surface area contributed by atoms with Gasteiger partial charge < -0.3 is 0 Å². The lowest BCUT2D eigenvalue weighted by atomic mass is 10.2. The number of hydrogen-bond acceptors (Lipinski definition) is 1. The summed E-state index contributed by atoms with van der Waals surface area (Å²) in [7, 11) is 0. The van der Waals surface area contributed by atoms with Gasteiger partial charge in [-0.3, -0.25) is 4.57 Å². The molecule has 3 rings (SSSR count). The summed E-state index contributed by atoms with van der Waals surface area (Å²) >= 11 is 16.3. The number of aromatic nitrogens is 2. The fourth-order valence-corrected chi connectivity index (χ4v) is 3.20. The number of fused-ring (bicyclic) bond motifs is 1. The van der Waals surface area contributed by atoms with E-state index in [0.717, 1.165) is 32.6 Å². The van der Waals surface area contributed by atoms with Crippen LogP contribution in [-0.4, -0.2) is 9.55 Å². The Hall–Kier alpha value is -1.03. The standard InChI is InChI=1S/C16H13BrCl2N2/c1-9-3-6-14(12(19)7-9)21-15-8-11(17)4-5-13(15)20-16(21)10(2)18/h3-8,10H,1-2H3. The summed E-state index contributed by atoms with van der Waals surface area (Å²) in [5, 5.41) is 0.474. The van der Waals surface area contributed by atoms with Crippen LogP contribution in [0.15, 0.2) is 40.9 Å². The Balaban J connectivity index is 2.38. The first kappa shape index (κ1) is 14.9. The van der Waals surface area contributed by atoms with Crippen molar-refractivity contribution in [2.75, 3.05) is 0 Å². The predicted molar refractivity (Wildman–Crippen MR) is 92.8 cm³/mol. The lowest BCUT2D eigenvalue weighted by molar-refractivity contribution is 0.882. The van der Waals surface area contributed by atoms with Crippen LogP contribution >= 0.6 is 39.1 Å². The monoisotopic (exact) mass is 382 g/mol. The fraction of sp³-hybridized carbons (Fsp3) is 0.188. The molecule has 3 aromatic rings. The molecular formula is C16H13BrCl2N2. The van der Waals surface area contributed by atoms with Gasteiger partial charge in [0, 0.05) is 4.47 Å². The lowest BCUT2D eigenvalue weighted by Gasteiger charge is -2.13. The van der Waals surface area contributed by atoms with Crippen LogP contribution in [0.5, 0.6) is 0 Å². The van der Waals surface area contributed by atoms with Crippen LogP contribution in [0.25, 0.3) is 16.7 Å². The van der Waals surface area contributed by atoms with Gasteiger partial charge in [-0.2, -0.15) is 0 Å². The highest BCUT2D eigenvalue weighted by Crippen LogP contribution is 2.32. The summed E-state index contributed by atoms with van der Waals surface area (Å²) in [6.07, 6.45) is 0. The molecule has 0 aliphatic carbocycles. The second kappa shape index (κ2) is 5.64. The van der Waals surface area contributed by atoms with Gasteiger partial charge in [0.2, 0.25) is 0 Å². The molecule has 2 aromatic carbocycles. The Morgan fingerprint density at radius 1 is 1.19 bits per heavy atom. The Kier molecular flexibility index (Phi) is 4.00. The van der Waals surface area contributed by atoms with Crippen LogP contribution in [0.2, 0.25) is 5.02 Å². The van der Waals surface area contributed by atoms with Crippen molar-refractivity contribution in [1.29, 1.82) is 0 Å². The van der Waals surface area contributed by atoms with E-state index in [4.69, 9.17) is 23.2 Å². The Morgan fingerprint density at radius 3 is 2.62 bits per heavy atom. The van der Waals surface area contributed by atoms with E-state index in [0.29, 0.717) is 5.02 Å². The number of aryl methyl sites for hydroxylation is 1. The third-order valence-corrected chi connectivity index (χ3v) is 4.33. The maximum Gasteiger partial charge on any atom is 0.132 e. The minimum atomic E-state index is -0.214. The van der Waals surface area contributed by atoms with E-state index in [-0.39, 0.29) is 5.38 Å². The third-order valence-electron chi connectivity index (χ3n) is 3.34. The van der Waals surface area contributed by atoms with E-state index < -0.39 is 0 Å². The molecule has 0 amide bonds. The second-order valence-corrected chi connectivity index (χ2v) is 6.99. The summed E-state index contributed by atoms with van der Waals surface area (Å²) in [6, 6.07) is 12.0. The van der Waals surface area contributed by atoms with Crippen molar-refractivity contribution in [1.82, 2.24) is 9.55 Å². The average molecular weight is 384 g/mol. The van der Waals surface area contributed by atoms with Crippen LogP contribution in [-0.2, 0) is 0 Å². The molecule has 21 heavy (non-hydrogen) atoms. The molecule has 0 bridgehead atoms. The molecule has 0 aliphatic rings. The first-order valence-electron chi connectivity index (χ1n) is 6.56. The van der Waals surface area contributed by atoms with E-state index >= 15 is 0 Å². The molecule has 0 radical (unpaired) electrons. The van der Waals surface area contributed by atoms with E-state index in [1.54, 1.807) is 0 Å².